The molecule has 2 aromatic rings. The van der Waals surface area contributed by atoms with Crippen molar-refractivity contribution in [3.05, 3.63) is 19.9 Å². The van der Waals surface area contributed by atoms with E-state index >= 15 is 0 Å². The van der Waals surface area contributed by atoms with E-state index in [1.807, 2.05) is 6.07 Å². The number of amides is 1. The lowest BCUT2D eigenvalue weighted by Crippen LogP contribution is -2.08. The molecule has 0 atom stereocenters. The van der Waals surface area contributed by atoms with Crippen LogP contribution in [0.1, 0.15) is 9.67 Å². The average molecular weight is 309 g/mol. The average Bonchev–Trinajstić information content (AvgIpc) is 2.53. The largest absolute Gasteiger partial charge is 0.365 e. The summed E-state index contributed by atoms with van der Waals surface area (Å²) in [6.45, 7) is 0. The number of carbonyl (C=O) groups is 1. The molecule has 2 aromatic heterocycles. The molecule has 0 aliphatic heterocycles. The van der Waals surface area contributed by atoms with Gasteiger partial charge in [0.05, 0.1) is 8.89 Å². The summed E-state index contributed by atoms with van der Waals surface area (Å²) in [7, 11) is 0. The standard InChI is InChI=1S/C7H4INOS2/c8-4-2-11-7-3(4)1-5(12-7)6(9)10/h1-2H,(H2,9,10). The van der Waals surface area contributed by atoms with E-state index in [9.17, 15) is 4.79 Å². The zero-order chi connectivity index (χ0) is 8.72. The van der Waals surface area contributed by atoms with Crippen molar-refractivity contribution in [2.75, 3.05) is 0 Å². The van der Waals surface area contributed by atoms with Crippen molar-refractivity contribution in [1.29, 1.82) is 0 Å². The molecule has 0 radical (unpaired) electrons. The Morgan fingerprint density at radius 2 is 2.33 bits per heavy atom. The highest BCUT2D eigenvalue weighted by Crippen LogP contribution is 2.34. The van der Waals surface area contributed by atoms with Crippen LogP contribution in [0.4, 0.5) is 0 Å². The number of carbonyl (C=O) groups excluding carboxylic acids is 1. The Morgan fingerprint density at radius 1 is 1.58 bits per heavy atom. The number of fused-ring (bicyclic) bond motifs is 1. The molecule has 0 unspecified atom stereocenters. The van der Waals surface area contributed by atoms with E-state index in [-0.39, 0.29) is 5.91 Å². The summed E-state index contributed by atoms with van der Waals surface area (Å²) in [4.78, 5) is 11.5. The first-order valence-electron chi connectivity index (χ1n) is 3.15. The molecule has 2 nitrogen and oxygen atoms in total. The van der Waals surface area contributed by atoms with E-state index in [0.29, 0.717) is 4.88 Å². The summed E-state index contributed by atoms with van der Waals surface area (Å²) < 4.78 is 2.37. The maximum atomic E-state index is 10.8. The van der Waals surface area contributed by atoms with Gasteiger partial charge in [-0.05, 0) is 28.7 Å². The Bertz CT molecular complexity index is 445. The summed E-state index contributed by atoms with van der Waals surface area (Å²) in [5.41, 5.74) is 5.16. The van der Waals surface area contributed by atoms with Crippen molar-refractivity contribution >= 4 is 60.6 Å². The predicted molar refractivity (Wildman–Crippen MR) is 60.9 cm³/mol. The molecule has 0 bridgehead atoms. The second kappa shape index (κ2) is 2.97. The number of thiophene rings is 2. The summed E-state index contributed by atoms with van der Waals surface area (Å²) in [6, 6.07) is 1.86. The molecule has 5 heteroatoms. The Morgan fingerprint density at radius 3 is 2.92 bits per heavy atom. The molecule has 1 amide bonds. The first-order chi connectivity index (χ1) is 5.68. The molecule has 0 saturated carbocycles. The Labute approximate surface area is 90.5 Å². The zero-order valence-corrected chi connectivity index (χ0v) is 9.63. The quantitative estimate of drug-likeness (QED) is 0.809. The van der Waals surface area contributed by atoms with E-state index in [0.717, 1.165) is 5.39 Å². The van der Waals surface area contributed by atoms with Crippen LogP contribution in [0, 0.1) is 3.57 Å². The molecule has 2 heterocycles. The Hall–Kier alpha value is -0.140. The highest BCUT2D eigenvalue weighted by Gasteiger charge is 2.09. The van der Waals surface area contributed by atoms with Gasteiger partial charge in [-0.3, -0.25) is 4.79 Å². The number of primary amides is 1. The van der Waals surface area contributed by atoms with Crippen molar-refractivity contribution in [2.24, 2.45) is 5.73 Å². The minimum atomic E-state index is -0.334. The first-order valence-corrected chi connectivity index (χ1v) is 5.92. The molecule has 2 rings (SSSR count). The second-order valence-corrected chi connectivity index (χ2v) is 5.61. The maximum absolute atomic E-state index is 10.8. The molecule has 0 aromatic carbocycles. The number of nitrogens with two attached hydrogens (primary N) is 1. The third-order valence-electron chi connectivity index (χ3n) is 1.47. The van der Waals surface area contributed by atoms with Gasteiger partial charge in [0.2, 0.25) is 0 Å². The van der Waals surface area contributed by atoms with Gasteiger partial charge in [-0.1, -0.05) is 0 Å². The number of rotatable bonds is 1. The molecule has 0 saturated heterocycles. The molecular formula is C7H4INOS2. The maximum Gasteiger partial charge on any atom is 0.258 e. The predicted octanol–water partition coefficient (Wildman–Crippen LogP) is 2.67. The van der Waals surface area contributed by atoms with Crippen LogP contribution in [0.3, 0.4) is 0 Å². The van der Waals surface area contributed by atoms with Crippen molar-refractivity contribution < 1.29 is 4.79 Å². The lowest BCUT2D eigenvalue weighted by atomic mass is 10.3. The summed E-state index contributed by atoms with van der Waals surface area (Å²) in [6.07, 6.45) is 0. The lowest BCUT2D eigenvalue weighted by molar-refractivity contribution is 0.100. The van der Waals surface area contributed by atoms with Crippen molar-refractivity contribution in [1.82, 2.24) is 0 Å². The van der Waals surface area contributed by atoms with E-state index in [1.54, 1.807) is 11.3 Å². The topological polar surface area (TPSA) is 43.1 Å². The molecular weight excluding hydrogens is 305 g/mol. The highest BCUT2D eigenvalue weighted by molar-refractivity contribution is 14.1. The molecule has 0 fully saturated rings. The van der Waals surface area contributed by atoms with E-state index in [1.165, 1.54) is 18.9 Å². The smallest absolute Gasteiger partial charge is 0.258 e. The fraction of sp³-hybridized carbons (Fsp3) is 0. The van der Waals surface area contributed by atoms with Gasteiger partial charge < -0.3 is 5.73 Å². The van der Waals surface area contributed by atoms with Crippen molar-refractivity contribution in [3.8, 4) is 0 Å². The van der Waals surface area contributed by atoms with Gasteiger partial charge >= 0.3 is 0 Å². The fourth-order valence-electron chi connectivity index (χ4n) is 0.918. The van der Waals surface area contributed by atoms with Gasteiger partial charge in [0.1, 0.15) is 0 Å². The minimum Gasteiger partial charge on any atom is -0.365 e. The lowest BCUT2D eigenvalue weighted by Gasteiger charge is -1.82. The molecule has 2 N–H and O–H groups in total. The number of halogens is 1. The fourth-order valence-corrected chi connectivity index (χ4v) is 4.09. The van der Waals surface area contributed by atoms with E-state index in [2.05, 4.69) is 28.0 Å². The monoisotopic (exact) mass is 309 g/mol. The van der Waals surface area contributed by atoms with Crippen LogP contribution in [-0.4, -0.2) is 5.91 Å². The van der Waals surface area contributed by atoms with Gasteiger partial charge in [0.15, 0.2) is 0 Å². The zero-order valence-electron chi connectivity index (χ0n) is 5.83. The summed E-state index contributed by atoms with van der Waals surface area (Å²) in [5.74, 6) is -0.334. The molecule has 12 heavy (non-hydrogen) atoms. The first kappa shape index (κ1) is 8.46. The third kappa shape index (κ3) is 1.25. The molecule has 0 aliphatic carbocycles. The molecule has 62 valence electrons. The van der Waals surface area contributed by atoms with Crippen LogP contribution in [-0.2, 0) is 0 Å². The van der Waals surface area contributed by atoms with Crippen LogP contribution in [0.2, 0.25) is 0 Å². The van der Waals surface area contributed by atoms with Crippen LogP contribution in [0.25, 0.3) is 9.40 Å². The second-order valence-electron chi connectivity index (χ2n) is 2.26. The van der Waals surface area contributed by atoms with Gasteiger partial charge in [-0.2, -0.15) is 0 Å². The Balaban J connectivity index is 2.70. The van der Waals surface area contributed by atoms with E-state index in [4.69, 9.17) is 5.73 Å². The van der Waals surface area contributed by atoms with Crippen LogP contribution in [0.5, 0.6) is 0 Å². The summed E-state index contributed by atoms with van der Waals surface area (Å²) >= 11 is 5.38. The molecule has 0 spiro atoms. The van der Waals surface area contributed by atoms with Crippen molar-refractivity contribution in [2.45, 2.75) is 0 Å². The van der Waals surface area contributed by atoms with Gasteiger partial charge in [-0.15, -0.1) is 22.7 Å². The normalized spacial score (nSPS) is 10.8. The Kier molecular flexibility index (Phi) is 2.09. The van der Waals surface area contributed by atoms with Crippen LogP contribution in [0.15, 0.2) is 11.4 Å². The summed E-state index contributed by atoms with van der Waals surface area (Å²) in [5, 5.41) is 3.23. The van der Waals surface area contributed by atoms with Crippen LogP contribution >= 0.6 is 45.3 Å². The molecule has 0 aliphatic rings. The SMILES string of the molecule is NC(=O)c1cc2c(I)csc2s1. The highest BCUT2D eigenvalue weighted by atomic mass is 127. The van der Waals surface area contributed by atoms with E-state index < -0.39 is 0 Å². The number of hydrogen-bond donors (Lipinski definition) is 1. The van der Waals surface area contributed by atoms with Gasteiger partial charge in [0, 0.05) is 14.3 Å². The third-order valence-corrected chi connectivity index (χ3v) is 5.05. The van der Waals surface area contributed by atoms with Gasteiger partial charge in [-0.25, -0.2) is 0 Å². The van der Waals surface area contributed by atoms with Crippen molar-refractivity contribution in [3.63, 3.8) is 0 Å². The minimum absolute atomic E-state index is 0.334. The van der Waals surface area contributed by atoms with Gasteiger partial charge in [0.25, 0.3) is 5.91 Å². The van der Waals surface area contributed by atoms with Crippen LogP contribution < -0.4 is 5.73 Å². The number of hydrogen-bond acceptors (Lipinski definition) is 3.